The zero-order valence-electron chi connectivity index (χ0n) is 14.7. The number of halogens is 1. The Morgan fingerprint density at radius 3 is 2.65 bits per heavy atom. The van der Waals surface area contributed by atoms with Crippen LogP contribution in [-0.4, -0.2) is 15.7 Å². The van der Waals surface area contributed by atoms with Gasteiger partial charge in [-0.2, -0.15) is 5.10 Å². The van der Waals surface area contributed by atoms with Crippen LogP contribution in [0.5, 0.6) is 5.75 Å². The van der Waals surface area contributed by atoms with Crippen LogP contribution in [0.15, 0.2) is 54.7 Å². The van der Waals surface area contributed by atoms with Gasteiger partial charge in [-0.3, -0.25) is 9.48 Å². The van der Waals surface area contributed by atoms with E-state index in [1.54, 1.807) is 28.9 Å². The van der Waals surface area contributed by atoms with Gasteiger partial charge in [-0.15, -0.1) is 0 Å². The summed E-state index contributed by atoms with van der Waals surface area (Å²) in [5.41, 5.74) is 3.51. The van der Waals surface area contributed by atoms with Gasteiger partial charge in [0, 0.05) is 35.9 Å². The summed E-state index contributed by atoms with van der Waals surface area (Å²) in [5.74, 6) is 0.599. The third-order valence-corrected chi connectivity index (χ3v) is 4.21. The molecule has 0 spiro atoms. The van der Waals surface area contributed by atoms with Crippen molar-refractivity contribution < 1.29 is 9.53 Å². The van der Waals surface area contributed by atoms with Crippen molar-refractivity contribution in [1.82, 2.24) is 15.1 Å². The lowest BCUT2D eigenvalue weighted by molar-refractivity contribution is 0.0951. The van der Waals surface area contributed by atoms with E-state index in [0.717, 1.165) is 16.8 Å². The topological polar surface area (TPSA) is 56.2 Å². The second-order valence-electron chi connectivity index (χ2n) is 6.04. The predicted molar refractivity (Wildman–Crippen MR) is 101 cm³/mol. The highest BCUT2D eigenvalue weighted by Crippen LogP contribution is 2.18. The summed E-state index contributed by atoms with van der Waals surface area (Å²) in [7, 11) is 1.86. The maximum atomic E-state index is 12.3. The Bertz CT molecular complexity index is 904. The van der Waals surface area contributed by atoms with Crippen molar-refractivity contribution in [2.45, 2.75) is 20.1 Å². The maximum absolute atomic E-state index is 12.3. The van der Waals surface area contributed by atoms with Gasteiger partial charge in [-0.25, -0.2) is 0 Å². The van der Waals surface area contributed by atoms with E-state index in [2.05, 4.69) is 10.4 Å². The lowest BCUT2D eigenvalue weighted by atomic mass is 10.1. The molecule has 0 atom stereocenters. The number of nitrogens with one attached hydrogen (secondary N) is 1. The molecule has 0 unspecified atom stereocenters. The first kappa shape index (κ1) is 18.0. The van der Waals surface area contributed by atoms with Crippen molar-refractivity contribution in [3.63, 3.8) is 0 Å². The van der Waals surface area contributed by atoms with Crippen LogP contribution in [0.3, 0.4) is 0 Å². The van der Waals surface area contributed by atoms with E-state index >= 15 is 0 Å². The summed E-state index contributed by atoms with van der Waals surface area (Å²) >= 11 is 5.94. The van der Waals surface area contributed by atoms with Crippen LogP contribution >= 0.6 is 11.6 Å². The molecule has 5 nitrogen and oxygen atoms in total. The SMILES string of the molecule is Cc1nn(C)cc1CNC(=O)c1ccc(COc2cccc(Cl)c2)cc1. The molecule has 0 radical (unpaired) electrons. The van der Waals surface area contributed by atoms with Gasteiger partial charge in [0.1, 0.15) is 12.4 Å². The van der Waals surface area contributed by atoms with E-state index in [1.807, 2.05) is 44.4 Å². The van der Waals surface area contributed by atoms with Crippen molar-refractivity contribution in [3.05, 3.63) is 82.1 Å². The minimum atomic E-state index is -0.115. The van der Waals surface area contributed by atoms with E-state index in [9.17, 15) is 4.79 Å². The lowest BCUT2D eigenvalue weighted by Gasteiger charge is -2.08. The summed E-state index contributed by atoms with van der Waals surface area (Å²) < 4.78 is 7.44. The molecular formula is C20H20ClN3O2. The molecule has 26 heavy (non-hydrogen) atoms. The van der Waals surface area contributed by atoms with E-state index in [0.29, 0.717) is 29.5 Å². The summed E-state index contributed by atoms with van der Waals surface area (Å²) in [6.45, 7) is 2.80. The molecule has 0 fully saturated rings. The summed E-state index contributed by atoms with van der Waals surface area (Å²) in [6, 6.07) is 14.6. The van der Waals surface area contributed by atoms with Crippen LogP contribution in [0.4, 0.5) is 0 Å². The van der Waals surface area contributed by atoms with E-state index in [1.165, 1.54) is 0 Å². The minimum Gasteiger partial charge on any atom is -0.489 e. The Hall–Kier alpha value is -2.79. The van der Waals surface area contributed by atoms with Gasteiger partial charge in [0.25, 0.3) is 5.91 Å². The van der Waals surface area contributed by atoms with Gasteiger partial charge in [-0.1, -0.05) is 29.8 Å². The first-order valence-electron chi connectivity index (χ1n) is 8.26. The maximum Gasteiger partial charge on any atom is 0.251 e. The Morgan fingerprint density at radius 2 is 2.00 bits per heavy atom. The number of benzene rings is 2. The molecule has 0 aliphatic carbocycles. The van der Waals surface area contributed by atoms with Crippen LogP contribution < -0.4 is 10.1 Å². The molecule has 0 aliphatic heterocycles. The molecule has 0 bridgehead atoms. The molecule has 6 heteroatoms. The number of hydrogen-bond donors (Lipinski definition) is 1. The Balaban J connectivity index is 1.54. The average Bonchev–Trinajstić information content (AvgIpc) is 2.96. The molecule has 1 aromatic heterocycles. The third kappa shape index (κ3) is 4.64. The summed E-state index contributed by atoms with van der Waals surface area (Å²) in [5, 5.41) is 7.82. The molecular weight excluding hydrogens is 350 g/mol. The molecule has 3 aromatic rings. The van der Waals surface area contributed by atoms with Crippen molar-refractivity contribution >= 4 is 17.5 Å². The van der Waals surface area contributed by atoms with Crippen LogP contribution in [0.1, 0.15) is 27.2 Å². The number of aromatic nitrogens is 2. The average molecular weight is 370 g/mol. The molecule has 1 heterocycles. The van der Waals surface area contributed by atoms with Gasteiger partial charge in [-0.05, 0) is 42.8 Å². The zero-order valence-corrected chi connectivity index (χ0v) is 15.5. The van der Waals surface area contributed by atoms with Crippen molar-refractivity contribution in [2.24, 2.45) is 7.05 Å². The molecule has 1 amide bonds. The number of carbonyl (C=O) groups is 1. The molecule has 0 saturated carbocycles. The lowest BCUT2D eigenvalue weighted by Crippen LogP contribution is -2.22. The van der Waals surface area contributed by atoms with Gasteiger partial charge >= 0.3 is 0 Å². The number of ether oxygens (including phenoxy) is 1. The number of nitrogens with zero attached hydrogens (tertiary/aromatic N) is 2. The molecule has 3 rings (SSSR count). The predicted octanol–water partition coefficient (Wildman–Crippen LogP) is 3.89. The normalized spacial score (nSPS) is 10.6. The smallest absolute Gasteiger partial charge is 0.251 e. The minimum absolute atomic E-state index is 0.115. The fraction of sp³-hybridized carbons (Fsp3) is 0.200. The number of amides is 1. The quantitative estimate of drug-likeness (QED) is 0.717. The third-order valence-electron chi connectivity index (χ3n) is 3.97. The summed E-state index contributed by atoms with van der Waals surface area (Å²) in [4.78, 5) is 12.3. The Kier molecular flexibility index (Phi) is 5.58. The highest BCUT2D eigenvalue weighted by molar-refractivity contribution is 6.30. The van der Waals surface area contributed by atoms with Gasteiger partial charge in [0.15, 0.2) is 0 Å². The first-order chi connectivity index (χ1) is 12.5. The number of aryl methyl sites for hydroxylation is 2. The van der Waals surface area contributed by atoms with Crippen LogP contribution in [0.25, 0.3) is 0 Å². The highest BCUT2D eigenvalue weighted by Gasteiger charge is 2.08. The van der Waals surface area contributed by atoms with Crippen molar-refractivity contribution in [1.29, 1.82) is 0 Å². The monoisotopic (exact) mass is 369 g/mol. The molecule has 134 valence electrons. The Morgan fingerprint density at radius 1 is 1.23 bits per heavy atom. The number of carbonyl (C=O) groups excluding carboxylic acids is 1. The second kappa shape index (κ2) is 8.06. The fourth-order valence-electron chi connectivity index (χ4n) is 2.58. The molecule has 1 N–H and O–H groups in total. The van der Waals surface area contributed by atoms with Gasteiger partial charge < -0.3 is 10.1 Å². The molecule has 0 aliphatic rings. The van der Waals surface area contributed by atoms with E-state index < -0.39 is 0 Å². The standard InChI is InChI=1S/C20H20ClN3O2/c1-14-17(12-24(2)23-14)11-22-20(25)16-8-6-15(7-9-16)13-26-19-5-3-4-18(21)10-19/h3-10,12H,11,13H2,1-2H3,(H,22,25). The first-order valence-corrected chi connectivity index (χ1v) is 8.63. The van der Waals surface area contributed by atoms with Gasteiger partial charge in [0.2, 0.25) is 0 Å². The molecule has 2 aromatic carbocycles. The second-order valence-corrected chi connectivity index (χ2v) is 6.48. The van der Waals surface area contributed by atoms with Crippen molar-refractivity contribution in [2.75, 3.05) is 0 Å². The zero-order chi connectivity index (χ0) is 18.5. The highest BCUT2D eigenvalue weighted by atomic mass is 35.5. The van der Waals surface area contributed by atoms with Crippen molar-refractivity contribution in [3.8, 4) is 5.75 Å². The largest absolute Gasteiger partial charge is 0.489 e. The fourth-order valence-corrected chi connectivity index (χ4v) is 2.76. The van der Waals surface area contributed by atoms with E-state index in [4.69, 9.17) is 16.3 Å². The van der Waals surface area contributed by atoms with Crippen LogP contribution in [0.2, 0.25) is 5.02 Å². The van der Waals surface area contributed by atoms with Crippen LogP contribution in [0, 0.1) is 6.92 Å². The van der Waals surface area contributed by atoms with Crippen LogP contribution in [-0.2, 0) is 20.2 Å². The Labute approximate surface area is 157 Å². The number of hydrogen-bond acceptors (Lipinski definition) is 3. The number of rotatable bonds is 6. The van der Waals surface area contributed by atoms with Gasteiger partial charge in [0.05, 0.1) is 5.69 Å². The molecule has 0 saturated heterocycles. The summed E-state index contributed by atoms with van der Waals surface area (Å²) in [6.07, 6.45) is 1.91. The van der Waals surface area contributed by atoms with E-state index in [-0.39, 0.29) is 5.91 Å².